The molecule has 4 aliphatic rings. The van der Waals surface area contributed by atoms with Crippen LogP contribution in [0.25, 0.3) is 16.6 Å². The Balaban J connectivity index is 0.972. The summed E-state index contributed by atoms with van der Waals surface area (Å²) in [4.78, 5) is 40.2. The summed E-state index contributed by atoms with van der Waals surface area (Å²) >= 11 is 6.27. The van der Waals surface area contributed by atoms with Crippen molar-refractivity contribution in [2.24, 2.45) is 5.41 Å². The molecule has 1 atom stereocenters. The van der Waals surface area contributed by atoms with Gasteiger partial charge in [0.2, 0.25) is 13.3 Å². The largest absolute Gasteiger partial charge is 0.476 e. The number of allylic oxidation sites excluding steroid dienone is 1. The second kappa shape index (κ2) is 19.5. The third-order valence-corrected chi connectivity index (χ3v) is 17.4. The zero-order chi connectivity index (χ0) is 47.8. The highest BCUT2D eigenvalue weighted by Crippen LogP contribution is 2.45. The van der Waals surface area contributed by atoms with Gasteiger partial charge in [0.1, 0.15) is 17.0 Å². The van der Waals surface area contributed by atoms with Crippen molar-refractivity contribution >= 4 is 80.0 Å². The van der Waals surface area contributed by atoms with Crippen LogP contribution in [0, 0.1) is 15.5 Å². The fourth-order valence-electron chi connectivity index (χ4n) is 9.72. The molecule has 2 saturated heterocycles. The summed E-state index contributed by atoms with van der Waals surface area (Å²) in [5.74, 6) is -0.519. The molecule has 9 rings (SSSR count). The number of nitro groups is 1. The normalized spacial score (nSPS) is 20.4. The highest BCUT2D eigenvalue weighted by Gasteiger charge is 2.33. The summed E-state index contributed by atoms with van der Waals surface area (Å²) in [6, 6.07) is 20.9. The van der Waals surface area contributed by atoms with Crippen LogP contribution in [0.2, 0.25) is 5.02 Å². The number of benzene rings is 3. The molecule has 0 saturated carbocycles. The van der Waals surface area contributed by atoms with E-state index in [1.54, 1.807) is 18.9 Å². The molecular formula is C48H58ClN10O7PS. The van der Waals surface area contributed by atoms with Gasteiger partial charge in [-0.1, -0.05) is 43.2 Å². The van der Waals surface area contributed by atoms with Gasteiger partial charge in [-0.2, -0.15) is 4.98 Å². The predicted molar refractivity (Wildman–Crippen MR) is 268 cm³/mol. The number of aromatic amines is 1. The lowest BCUT2D eigenvalue weighted by atomic mass is 9.72. The van der Waals surface area contributed by atoms with Crippen LogP contribution < -0.4 is 29.7 Å². The summed E-state index contributed by atoms with van der Waals surface area (Å²) in [5.41, 5.74) is 6.66. The highest BCUT2D eigenvalue weighted by molar-refractivity contribution is 7.90. The number of hydrogen-bond donors (Lipinski definition) is 4. The van der Waals surface area contributed by atoms with Crippen LogP contribution in [-0.4, -0.2) is 118 Å². The van der Waals surface area contributed by atoms with Gasteiger partial charge in [-0.3, -0.25) is 29.5 Å². The lowest BCUT2D eigenvalue weighted by Crippen LogP contribution is -2.47. The van der Waals surface area contributed by atoms with E-state index in [-0.39, 0.29) is 23.2 Å². The van der Waals surface area contributed by atoms with Crippen LogP contribution >= 0.6 is 19.0 Å². The van der Waals surface area contributed by atoms with E-state index >= 15 is 0 Å². The fraction of sp³-hybridized carbons (Fsp3) is 0.417. The van der Waals surface area contributed by atoms with Crippen LogP contribution in [0.4, 0.5) is 28.4 Å². The van der Waals surface area contributed by atoms with Crippen molar-refractivity contribution < 1.29 is 27.4 Å². The number of ether oxygens (including phenoxy) is 1. The van der Waals surface area contributed by atoms with Gasteiger partial charge in [-0.25, -0.2) is 17.8 Å². The zero-order valence-corrected chi connectivity index (χ0v) is 41.1. The van der Waals surface area contributed by atoms with Crippen molar-refractivity contribution in [2.75, 3.05) is 93.8 Å². The molecule has 3 aromatic carbocycles. The number of carbonyl (C=O) groups is 1. The number of H-pyrrole nitrogens is 1. The minimum absolute atomic E-state index is 0.0908. The molecule has 1 unspecified atom stereocenters. The first-order valence-electron chi connectivity index (χ1n) is 23.2. The molecular weight excluding hydrogens is 927 g/mol. The number of halogens is 1. The zero-order valence-electron chi connectivity index (χ0n) is 38.6. The molecule has 360 valence electrons. The summed E-state index contributed by atoms with van der Waals surface area (Å²) in [6.07, 6.45) is 6.38. The van der Waals surface area contributed by atoms with Crippen molar-refractivity contribution in [3.63, 3.8) is 0 Å². The van der Waals surface area contributed by atoms with E-state index < -0.39 is 38.9 Å². The topological polar surface area (TPSA) is 198 Å². The first-order valence-corrected chi connectivity index (χ1v) is 27.1. The highest BCUT2D eigenvalue weighted by atomic mass is 35.5. The summed E-state index contributed by atoms with van der Waals surface area (Å²) in [6.45, 7) is 13.0. The molecule has 1 amide bonds. The molecule has 2 aromatic heterocycles. The van der Waals surface area contributed by atoms with E-state index in [4.69, 9.17) is 21.3 Å². The van der Waals surface area contributed by atoms with E-state index in [0.717, 1.165) is 80.6 Å². The number of anilines is 4. The van der Waals surface area contributed by atoms with Crippen LogP contribution in [0.3, 0.4) is 0 Å². The first kappa shape index (κ1) is 47.6. The standard InChI is InChI=1S/C48H58ClN10O7PS/c1-48(2)16-14-35(40(31-48)33-6-8-36(49)9-7-33)32-55-23-25-56(26-24-55)37-10-12-39(42(29-37)58-21-5-27-66-47-44(58)28-34-15-18-51-45(34)53-47)46(60)54-68(64,65)38-11-13-41(43(30-38)59(61)62)50-19-22-57-20-4-17-52-67(57,3)63/h6-13,15,18,28-30,50H,4-5,14,16-17,19-27,31-32H2,1-3H3,(H,51,53)(H,52,63)(H,54,60). The third-order valence-electron chi connectivity index (χ3n) is 13.5. The van der Waals surface area contributed by atoms with E-state index in [1.807, 2.05) is 46.0 Å². The molecule has 5 aromatic rings. The number of nitrogens with zero attached hydrogens (tertiary/aromatic N) is 6. The van der Waals surface area contributed by atoms with Crippen molar-refractivity contribution in [1.29, 1.82) is 0 Å². The van der Waals surface area contributed by atoms with Crippen LogP contribution in [0.5, 0.6) is 5.88 Å². The maximum Gasteiger partial charge on any atom is 0.293 e. The third kappa shape index (κ3) is 10.4. The fourth-order valence-corrected chi connectivity index (χ4v) is 12.6. The maximum atomic E-state index is 14.4. The minimum Gasteiger partial charge on any atom is -0.476 e. The van der Waals surface area contributed by atoms with Gasteiger partial charge in [0.15, 0.2) is 0 Å². The van der Waals surface area contributed by atoms with Crippen molar-refractivity contribution in [2.45, 2.75) is 50.8 Å². The van der Waals surface area contributed by atoms with Gasteiger partial charge in [0, 0.05) is 100 Å². The Hall–Kier alpha value is -5.49. The lowest BCUT2D eigenvalue weighted by molar-refractivity contribution is -0.384. The maximum absolute atomic E-state index is 14.4. The Morgan fingerprint density at radius 2 is 1.78 bits per heavy atom. The van der Waals surface area contributed by atoms with E-state index in [9.17, 15) is 27.9 Å². The lowest BCUT2D eigenvalue weighted by Gasteiger charge is -2.39. The Labute approximate surface area is 401 Å². The molecule has 17 nitrogen and oxygen atoms in total. The van der Waals surface area contributed by atoms with E-state index in [2.05, 4.69) is 55.9 Å². The van der Waals surface area contributed by atoms with Crippen LogP contribution in [0.15, 0.2) is 89.5 Å². The predicted octanol–water partition coefficient (Wildman–Crippen LogP) is 8.48. The average molecular weight is 986 g/mol. The Bertz CT molecular complexity index is 2920. The van der Waals surface area contributed by atoms with Crippen LogP contribution in [-0.2, 0) is 14.6 Å². The van der Waals surface area contributed by atoms with Crippen molar-refractivity contribution in [1.82, 2.24) is 29.3 Å². The smallest absolute Gasteiger partial charge is 0.293 e. The van der Waals surface area contributed by atoms with Crippen LogP contribution in [0.1, 0.15) is 61.9 Å². The molecule has 0 spiro atoms. The number of amides is 1. The van der Waals surface area contributed by atoms with Crippen molar-refractivity contribution in [3.05, 3.63) is 111 Å². The average Bonchev–Trinajstić information content (AvgIpc) is 3.67. The Kier molecular flexibility index (Phi) is 13.6. The molecule has 0 radical (unpaired) electrons. The number of hydrogen-bond acceptors (Lipinski definition) is 12. The Morgan fingerprint density at radius 1 is 0.985 bits per heavy atom. The van der Waals surface area contributed by atoms with Gasteiger partial charge >= 0.3 is 0 Å². The summed E-state index contributed by atoms with van der Waals surface area (Å²) in [5, 5.41) is 19.9. The number of rotatable bonds is 13. The molecule has 2 fully saturated rings. The number of nitrogens with one attached hydrogen (secondary N) is 4. The number of carbonyl (C=O) groups excluding carboxylic acids is 1. The summed E-state index contributed by atoms with van der Waals surface area (Å²) in [7, 11) is -7.34. The second-order valence-corrected chi connectivity index (χ2v) is 23.6. The molecule has 0 bridgehead atoms. The number of nitro benzene ring substituents is 1. The molecule has 1 aliphatic carbocycles. The monoisotopic (exact) mass is 984 g/mol. The SMILES string of the molecule is CC1(C)CCC(CN2CCN(c3ccc(C(=O)NS(=O)(=O)c4ccc(NCCN5CCCNP5(C)=O)c([N+](=O)[O-])c4)c(N4CCCOc5nc6[nH]ccc6cc54)c3)CC2)=C(c2ccc(Cl)cc2)C1. The number of fused-ring (bicyclic) bond motifs is 2. The van der Waals surface area contributed by atoms with Gasteiger partial charge in [-0.15, -0.1) is 0 Å². The van der Waals surface area contributed by atoms with E-state index in [1.165, 1.54) is 28.8 Å². The van der Waals surface area contributed by atoms with Gasteiger partial charge in [0.25, 0.3) is 21.6 Å². The number of aromatic nitrogens is 2. The van der Waals surface area contributed by atoms with E-state index in [0.29, 0.717) is 62.1 Å². The first-order chi connectivity index (χ1) is 32.5. The van der Waals surface area contributed by atoms with Gasteiger partial charge < -0.3 is 24.8 Å². The quantitative estimate of drug-likeness (QED) is 0.0498. The second-order valence-electron chi connectivity index (χ2n) is 18.9. The minimum atomic E-state index is -4.62. The molecule has 68 heavy (non-hydrogen) atoms. The van der Waals surface area contributed by atoms with Crippen molar-refractivity contribution in [3.8, 4) is 5.88 Å². The van der Waals surface area contributed by atoms with Gasteiger partial charge in [0.05, 0.1) is 27.7 Å². The number of piperazine rings is 1. The van der Waals surface area contributed by atoms with Gasteiger partial charge in [-0.05, 0) is 103 Å². The molecule has 4 N–H and O–H groups in total. The molecule has 20 heteroatoms. The number of pyridine rings is 1. The number of sulfonamides is 1. The Morgan fingerprint density at radius 3 is 2.54 bits per heavy atom. The molecule has 3 aliphatic heterocycles. The summed E-state index contributed by atoms with van der Waals surface area (Å²) < 4.78 is 51.1. The molecule has 5 heterocycles.